The normalized spacial score (nSPS) is 12.3. The molecule has 6 heteroatoms. The average molecular weight is 215 g/mol. The summed E-state index contributed by atoms with van der Waals surface area (Å²) in [5.74, 6) is -0.177. The minimum Gasteiger partial charge on any atom is -0.324 e. The van der Waals surface area contributed by atoms with Gasteiger partial charge >= 0.3 is 6.30 Å². The van der Waals surface area contributed by atoms with Crippen molar-refractivity contribution in [1.29, 1.82) is 0 Å². The second-order valence-corrected chi connectivity index (χ2v) is 3.02. The van der Waals surface area contributed by atoms with Crippen LogP contribution in [0.3, 0.4) is 0 Å². The van der Waals surface area contributed by atoms with Gasteiger partial charge in [-0.25, -0.2) is 9.55 Å². The van der Waals surface area contributed by atoms with E-state index in [0.29, 0.717) is 5.52 Å². The van der Waals surface area contributed by atoms with E-state index in [4.69, 9.17) is 5.73 Å². The van der Waals surface area contributed by atoms with Gasteiger partial charge < -0.3 is 5.73 Å². The van der Waals surface area contributed by atoms with Crippen molar-refractivity contribution >= 4 is 11.0 Å². The molecule has 0 atom stereocenters. The van der Waals surface area contributed by atoms with E-state index in [1.54, 1.807) is 6.07 Å². The average Bonchev–Trinajstić information content (AvgIpc) is 2.54. The maximum Gasteiger partial charge on any atom is 0.490 e. The third-order valence-corrected chi connectivity index (χ3v) is 2.07. The van der Waals surface area contributed by atoms with Gasteiger partial charge in [0, 0.05) is 0 Å². The summed E-state index contributed by atoms with van der Waals surface area (Å²) in [5, 5.41) is 0. The van der Waals surface area contributed by atoms with Gasteiger partial charge in [-0.2, -0.15) is 0 Å². The van der Waals surface area contributed by atoms with Gasteiger partial charge in [0.05, 0.1) is 17.6 Å². The van der Waals surface area contributed by atoms with Gasteiger partial charge in [-0.15, -0.1) is 13.2 Å². The zero-order chi connectivity index (χ0) is 11.1. The number of nitrogens with zero attached hydrogens (tertiary/aromatic N) is 2. The molecule has 15 heavy (non-hydrogen) atoms. The van der Waals surface area contributed by atoms with Gasteiger partial charge in [-0.1, -0.05) is 12.1 Å². The predicted molar refractivity (Wildman–Crippen MR) is 48.9 cm³/mol. The number of hydrogen-bond donors (Lipinski definition) is 1. The van der Waals surface area contributed by atoms with Gasteiger partial charge in [0.15, 0.2) is 0 Å². The number of benzene rings is 1. The van der Waals surface area contributed by atoms with Crippen LogP contribution in [0.15, 0.2) is 24.3 Å². The Hall–Kier alpha value is -1.56. The Labute approximate surface area is 83.3 Å². The van der Waals surface area contributed by atoms with E-state index in [1.165, 1.54) is 18.2 Å². The van der Waals surface area contributed by atoms with Crippen LogP contribution in [0.2, 0.25) is 0 Å². The van der Waals surface area contributed by atoms with Crippen LogP contribution < -0.4 is 5.73 Å². The molecule has 0 spiro atoms. The molecule has 0 aliphatic heterocycles. The van der Waals surface area contributed by atoms with Gasteiger partial charge in [0.2, 0.25) is 0 Å². The zero-order valence-electron chi connectivity index (χ0n) is 7.62. The van der Waals surface area contributed by atoms with Crippen LogP contribution in [0, 0.1) is 0 Å². The van der Waals surface area contributed by atoms with Gasteiger partial charge in [0.25, 0.3) is 0 Å². The first-order valence-electron chi connectivity index (χ1n) is 4.27. The van der Waals surface area contributed by atoms with Crippen molar-refractivity contribution in [3.8, 4) is 0 Å². The van der Waals surface area contributed by atoms with Crippen molar-refractivity contribution in [2.45, 2.75) is 12.8 Å². The van der Waals surface area contributed by atoms with Gasteiger partial charge in [0.1, 0.15) is 5.82 Å². The maximum absolute atomic E-state index is 12.7. The summed E-state index contributed by atoms with van der Waals surface area (Å²) in [6, 6.07) is 6.06. The summed E-state index contributed by atoms with van der Waals surface area (Å²) in [6.07, 6.45) is -4.48. The van der Waals surface area contributed by atoms with E-state index < -0.39 is 6.30 Å². The highest BCUT2D eigenvalue weighted by atomic mass is 19.4. The molecule has 1 heterocycles. The highest BCUT2D eigenvalue weighted by molar-refractivity contribution is 5.76. The van der Waals surface area contributed by atoms with Gasteiger partial charge in [-0.3, -0.25) is 0 Å². The highest BCUT2D eigenvalue weighted by Gasteiger charge is 2.34. The van der Waals surface area contributed by atoms with Crippen molar-refractivity contribution in [1.82, 2.24) is 9.55 Å². The van der Waals surface area contributed by atoms with Crippen molar-refractivity contribution in [3.05, 3.63) is 30.1 Å². The van der Waals surface area contributed by atoms with Crippen LogP contribution in [0.5, 0.6) is 0 Å². The molecule has 0 radical (unpaired) electrons. The van der Waals surface area contributed by atoms with Crippen LogP contribution in [-0.2, 0) is 12.8 Å². The summed E-state index contributed by atoms with van der Waals surface area (Å²) in [7, 11) is 0. The van der Waals surface area contributed by atoms with E-state index in [2.05, 4.69) is 4.98 Å². The highest BCUT2D eigenvalue weighted by Crippen LogP contribution is 2.29. The lowest BCUT2D eigenvalue weighted by atomic mass is 10.3. The molecule has 0 aliphatic rings. The topological polar surface area (TPSA) is 43.8 Å². The number of fused-ring (bicyclic) bond motifs is 1. The molecule has 2 aromatic rings. The largest absolute Gasteiger partial charge is 0.490 e. The molecule has 0 saturated heterocycles. The molecule has 80 valence electrons. The van der Waals surface area contributed by atoms with E-state index in [0.717, 1.165) is 0 Å². The van der Waals surface area contributed by atoms with Gasteiger partial charge in [-0.05, 0) is 12.1 Å². The Kier molecular flexibility index (Phi) is 2.15. The monoisotopic (exact) mass is 215 g/mol. The predicted octanol–water partition coefficient (Wildman–Crippen LogP) is 1.97. The molecule has 2 N–H and O–H groups in total. The number of imidazole rings is 1. The fraction of sp³-hybridized carbons (Fsp3) is 0.222. The molecular formula is C9H8F3N3. The van der Waals surface area contributed by atoms with E-state index in [9.17, 15) is 13.2 Å². The minimum atomic E-state index is -4.48. The van der Waals surface area contributed by atoms with Crippen molar-refractivity contribution < 1.29 is 13.2 Å². The van der Waals surface area contributed by atoms with E-state index >= 15 is 0 Å². The van der Waals surface area contributed by atoms with Crippen LogP contribution in [0.4, 0.5) is 13.2 Å². The third-order valence-electron chi connectivity index (χ3n) is 2.07. The maximum atomic E-state index is 12.7. The molecule has 0 bridgehead atoms. The molecule has 0 unspecified atom stereocenters. The van der Waals surface area contributed by atoms with Crippen molar-refractivity contribution in [3.63, 3.8) is 0 Å². The number of alkyl halides is 3. The van der Waals surface area contributed by atoms with Crippen LogP contribution in [-0.4, -0.2) is 9.55 Å². The van der Waals surface area contributed by atoms with Crippen molar-refractivity contribution in [2.24, 2.45) is 5.73 Å². The molecule has 0 aliphatic carbocycles. The Balaban J connectivity index is 2.79. The summed E-state index contributed by atoms with van der Waals surface area (Å²) >= 11 is 0. The molecule has 0 fully saturated rings. The molecule has 2 rings (SSSR count). The second-order valence-electron chi connectivity index (χ2n) is 3.02. The summed E-state index contributed by atoms with van der Waals surface area (Å²) in [4.78, 5) is 3.82. The summed E-state index contributed by atoms with van der Waals surface area (Å²) in [6.45, 7) is -0.242. The van der Waals surface area contributed by atoms with E-state index in [1.807, 2.05) is 0 Å². The zero-order valence-corrected chi connectivity index (χ0v) is 7.62. The molecule has 0 amide bonds. The van der Waals surface area contributed by atoms with Crippen LogP contribution in [0.1, 0.15) is 5.82 Å². The second kappa shape index (κ2) is 3.23. The standard InChI is InChI=1S/C9H8F3N3/c10-9(11,12)15-7-4-2-1-3-6(7)14-8(15)5-13/h1-4H,5,13H2. The molecule has 1 aromatic heterocycles. The first kappa shape index (κ1) is 9.97. The number of rotatable bonds is 1. The van der Waals surface area contributed by atoms with E-state index in [-0.39, 0.29) is 22.5 Å². The third kappa shape index (κ3) is 1.56. The lowest BCUT2D eigenvalue weighted by Crippen LogP contribution is -2.21. The minimum absolute atomic E-state index is 0.0328. The smallest absolute Gasteiger partial charge is 0.324 e. The quantitative estimate of drug-likeness (QED) is 0.790. The fourth-order valence-electron chi connectivity index (χ4n) is 1.50. The Morgan fingerprint density at radius 3 is 2.53 bits per heavy atom. The number of hydrogen-bond acceptors (Lipinski definition) is 2. The number of halogens is 3. The van der Waals surface area contributed by atoms with Crippen LogP contribution >= 0.6 is 0 Å². The number of nitrogens with two attached hydrogens (primary N) is 1. The Morgan fingerprint density at radius 2 is 1.93 bits per heavy atom. The Morgan fingerprint density at radius 1 is 1.27 bits per heavy atom. The fourth-order valence-corrected chi connectivity index (χ4v) is 1.50. The molecular weight excluding hydrogens is 207 g/mol. The summed E-state index contributed by atoms with van der Waals surface area (Å²) < 4.78 is 38.2. The SMILES string of the molecule is NCc1nc2ccccc2n1C(F)(F)F. The summed E-state index contributed by atoms with van der Waals surface area (Å²) in [5.41, 5.74) is 5.56. The number of aromatic nitrogens is 2. The number of para-hydroxylation sites is 2. The lowest BCUT2D eigenvalue weighted by Gasteiger charge is -2.11. The van der Waals surface area contributed by atoms with Crippen molar-refractivity contribution in [2.75, 3.05) is 0 Å². The first-order valence-corrected chi connectivity index (χ1v) is 4.27. The molecule has 1 aromatic carbocycles. The lowest BCUT2D eigenvalue weighted by molar-refractivity contribution is -0.202. The Bertz CT molecular complexity index is 487. The molecule has 3 nitrogen and oxygen atoms in total. The first-order chi connectivity index (χ1) is 7.04. The van der Waals surface area contributed by atoms with Crippen LogP contribution in [0.25, 0.3) is 11.0 Å². The molecule has 0 saturated carbocycles.